The fraction of sp³-hybridized carbons (Fsp3) is 0.364. The van der Waals surface area contributed by atoms with Crippen molar-refractivity contribution < 1.29 is 14.8 Å². The van der Waals surface area contributed by atoms with Gasteiger partial charge in [-0.05, 0) is 18.5 Å². The van der Waals surface area contributed by atoms with Crippen molar-refractivity contribution >= 4 is 11.7 Å². The number of nitro benzene ring substituents is 1. The van der Waals surface area contributed by atoms with E-state index in [1.807, 2.05) is 0 Å². The van der Waals surface area contributed by atoms with E-state index in [0.29, 0.717) is 25.1 Å². The number of carboxylic acid groups (broad SMARTS) is 1. The summed E-state index contributed by atoms with van der Waals surface area (Å²) in [7, 11) is 0. The van der Waals surface area contributed by atoms with Crippen molar-refractivity contribution in [1.29, 1.82) is 0 Å². The van der Waals surface area contributed by atoms with Gasteiger partial charge in [-0.25, -0.2) is 0 Å². The van der Waals surface area contributed by atoms with E-state index >= 15 is 0 Å². The monoisotopic (exact) mass is 236 g/mol. The molecule has 0 aromatic heterocycles. The summed E-state index contributed by atoms with van der Waals surface area (Å²) < 4.78 is 0. The molecule has 17 heavy (non-hydrogen) atoms. The van der Waals surface area contributed by atoms with Crippen LogP contribution >= 0.6 is 0 Å². The molecule has 1 aliphatic rings. The average molecular weight is 236 g/mol. The van der Waals surface area contributed by atoms with Crippen molar-refractivity contribution in [1.82, 2.24) is 5.32 Å². The minimum absolute atomic E-state index is 0.0741. The van der Waals surface area contributed by atoms with E-state index in [-0.39, 0.29) is 5.69 Å². The number of hydrogen-bond acceptors (Lipinski definition) is 4. The number of nitrogens with one attached hydrogen (secondary N) is 1. The highest BCUT2D eigenvalue weighted by atomic mass is 16.6. The van der Waals surface area contributed by atoms with Gasteiger partial charge in [0.05, 0.1) is 4.92 Å². The molecule has 1 aromatic carbocycles. The van der Waals surface area contributed by atoms with Crippen LogP contribution in [0.25, 0.3) is 0 Å². The minimum Gasteiger partial charge on any atom is -0.481 e. The van der Waals surface area contributed by atoms with Crippen LogP contribution in [0, 0.1) is 10.1 Å². The molecule has 1 heterocycles. The second-order valence-electron chi connectivity index (χ2n) is 4.12. The number of hydrogen-bond donors (Lipinski definition) is 2. The van der Waals surface area contributed by atoms with Crippen LogP contribution < -0.4 is 5.32 Å². The Morgan fingerprint density at radius 3 is 2.82 bits per heavy atom. The van der Waals surface area contributed by atoms with Crippen LogP contribution in [-0.4, -0.2) is 29.1 Å². The minimum atomic E-state index is -1.04. The fourth-order valence-corrected chi connectivity index (χ4v) is 2.16. The predicted octanol–water partition coefficient (Wildman–Crippen LogP) is 0.910. The highest BCUT2D eigenvalue weighted by Crippen LogP contribution is 2.32. The topological polar surface area (TPSA) is 92.5 Å². The number of nitrogens with zero attached hydrogens (tertiary/aromatic N) is 1. The molecule has 0 radical (unpaired) electrons. The number of aliphatic carboxylic acids is 1. The lowest BCUT2D eigenvalue weighted by atomic mass is 9.79. The number of rotatable bonds is 3. The number of non-ortho nitro benzene ring substituents is 1. The second-order valence-corrected chi connectivity index (χ2v) is 4.12. The summed E-state index contributed by atoms with van der Waals surface area (Å²) in [6.45, 7) is 0.915. The van der Waals surface area contributed by atoms with Crippen LogP contribution in [-0.2, 0) is 10.2 Å². The number of nitro groups is 1. The SMILES string of the molecule is O=C(O)C1(c2cccc([N+](=O)[O-])c2)CCNC1. The maximum atomic E-state index is 11.4. The Kier molecular flexibility index (Phi) is 2.81. The van der Waals surface area contributed by atoms with Gasteiger partial charge in [0.1, 0.15) is 5.41 Å². The molecular weight excluding hydrogens is 224 g/mol. The molecule has 6 heteroatoms. The third-order valence-corrected chi connectivity index (χ3v) is 3.17. The first kappa shape index (κ1) is 11.5. The molecule has 0 spiro atoms. The number of benzene rings is 1. The maximum Gasteiger partial charge on any atom is 0.315 e. The standard InChI is InChI=1S/C11H12N2O4/c14-10(15)11(4-5-12-7-11)8-2-1-3-9(6-8)13(16)17/h1-3,6,12H,4-5,7H2,(H,14,15). The molecule has 1 saturated heterocycles. The summed E-state index contributed by atoms with van der Waals surface area (Å²) >= 11 is 0. The van der Waals surface area contributed by atoms with Crippen molar-refractivity contribution in [3.05, 3.63) is 39.9 Å². The third-order valence-electron chi connectivity index (χ3n) is 3.17. The zero-order valence-electron chi connectivity index (χ0n) is 9.05. The Morgan fingerprint density at radius 1 is 1.53 bits per heavy atom. The van der Waals surface area contributed by atoms with Crippen LogP contribution in [0.5, 0.6) is 0 Å². The van der Waals surface area contributed by atoms with Crippen LogP contribution in [0.1, 0.15) is 12.0 Å². The van der Waals surface area contributed by atoms with Crippen LogP contribution in [0.3, 0.4) is 0 Å². The van der Waals surface area contributed by atoms with Crippen molar-refractivity contribution in [3.63, 3.8) is 0 Å². The lowest BCUT2D eigenvalue weighted by molar-refractivity contribution is -0.384. The van der Waals surface area contributed by atoms with Crippen molar-refractivity contribution in [2.24, 2.45) is 0 Å². The zero-order valence-corrected chi connectivity index (χ0v) is 9.05. The Labute approximate surface area is 97.4 Å². The zero-order chi connectivity index (χ0) is 12.5. The molecule has 1 unspecified atom stereocenters. The Morgan fingerprint density at radius 2 is 2.29 bits per heavy atom. The normalized spacial score (nSPS) is 23.5. The van der Waals surface area contributed by atoms with E-state index in [1.54, 1.807) is 6.07 Å². The Bertz CT molecular complexity index is 466. The summed E-state index contributed by atoms with van der Waals surface area (Å²) in [5.41, 5.74) is -0.620. The molecule has 1 fully saturated rings. The van der Waals surface area contributed by atoms with Crippen molar-refractivity contribution in [2.75, 3.05) is 13.1 Å². The molecule has 90 valence electrons. The molecule has 1 aromatic rings. The molecule has 2 rings (SSSR count). The van der Waals surface area contributed by atoms with Crippen molar-refractivity contribution in [3.8, 4) is 0 Å². The van der Waals surface area contributed by atoms with E-state index < -0.39 is 16.3 Å². The highest BCUT2D eigenvalue weighted by Gasteiger charge is 2.43. The van der Waals surface area contributed by atoms with Crippen LogP contribution in [0.15, 0.2) is 24.3 Å². The van der Waals surface area contributed by atoms with Gasteiger partial charge in [-0.2, -0.15) is 0 Å². The molecular formula is C11H12N2O4. The van der Waals surface area contributed by atoms with Gasteiger partial charge in [0.2, 0.25) is 0 Å². The van der Waals surface area contributed by atoms with Crippen LogP contribution in [0.4, 0.5) is 5.69 Å². The molecule has 2 N–H and O–H groups in total. The molecule has 0 saturated carbocycles. The molecule has 1 atom stereocenters. The van der Waals surface area contributed by atoms with E-state index in [2.05, 4.69) is 5.32 Å². The first-order chi connectivity index (χ1) is 8.06. The Balaban J connectivity index is 2.47. The molecule has 0 bridgehead atoms. The lowest BCUT2D eigenvalue weighted by Crippen LogP contribution is -2.37. The lowest BCUT2D eigenvalue weighted by Gasteiger charge is -2.23. The van der Waals surface area contributed by atoms with Gasteiger partial charge >= 0.3 is 5.97 Å². The van der Waals surface area contributed by atoms with Gasteiger partial charge in [-0.1, -0.05) is 12.1 Å². The summed E-state index contributed by atoms with van der Waals surface area (Å²) in [4.78, 5) is 21.6. The molecule has 0 aliphatic carbocycles. The van der Waals surface area contributed by atoms with E-state index in [4.69, 9.17) is 0 Å². The predicted molar refractivity (Wildman–Crippen MR) is 59.9 cm³/mol. The maximum absolute atomic E-state index is 11.4. The largest absolute Gasteiger partial charge is 0.481 e. The summed E-state index contributed by atoms with van der Waals surface area (Å²) in [5, 5.41) is 23.0. The number of carbonyl (C=O) groups is 1. The van der Waals surface area contributed by atoms with Gasteiger partial charge in [-0.3, -0.25) is 14.9 Å². The van der Waals surface area contributed by atoms with Gasteiger partial charge in [-0.15, -0.1) is 0 Å². The number of carboxylic acids is 1. The van der Waals surface area contributed by atoms with Crippen LogP contribution in [0.2, 0.25) is 0 Å². The third kappa shape index (κ3) is 1.87. The van der Waals surface area contributed by atoms with E-state index in [1.165, 1.54) is 18.2 Å². The first-order valence-electron chi connectivity index (χ1n) is 5.25. The Hall–Kier alpha value is -1.95. The summed E-state index contributed by atoms with van der Waals surface area (Å²) in [6.07, 6.45) is 0.448. The smallest absolute Gasteiger partial charge is 0.315 e. The van der Waals surface area contributed by atoms with Gasteiger partial charge in [0, 0.05) is 18.7 Å². The van der Waals surface area contributed by atoms with Gasteiger partial charge in [0.15, 0.2) is 0 Å². The van der Waals surface area contributed by atoms with Gasteiger partial charge in [0.25, 0.3) is 5.69 Å². The highest BCUT2D eigenvalue weighted by molar-refractivity contribution is 5.82. The molecule has 0 amide bonds. The van der Waals surface area contributed by atoms with Crippen molar-refractivity contribution in [2.45, 2.75) is 11.8 Å². The van der Waals surface area contributed by atoms with E-state index in [9.17, 15) is 20.0 Å². The molecule has 6 nitrogen and oxygen atoms in total. The first-order valence-corrected chi connectivity index (χ1v) is 5.25. The molecule has 1 aliphatic heterocycles. The quantitative estimate of drug-likeness (QED) is 0.601. The van der Waals surface area contributed by atoms with Gasteiger partial charge < -0.3 is 10.4 Å². The fourth-order valence-electron chi connectivity index (χ4n) is 2.16. The summed E-state index contributed by atoms with van der Waals surface area (Å²) in [5.74, 6) is -0.942. The summed E-state index contributed by atoms with van der Waals surface area (Å²) in [6, 6.07) is 5.87. The van der Waals surface area contributed by atoms with E-state index in [0.717, 1.165) is 0 Å². The average Bonchev–Trinajstić information content (AvgIpc) is 2.79. The second kappa shape index (κ2) is 4.14.